The van der Waals surface area contributed by atoms with Gasteiger partial charge in [0.2, 0.25) is 5.16 Å². The van der Waals surface area contributed by atoms with Crippen LogP contribution in [-0.4, -0.2) is 35.2 Å². The number of methoxy groups -OCH3 is 2. The van der Waals surface area contributed by atoms with Gasteiger partial charge in [0.05, 0.1) is 14.2 Å². The minimum atomic E-state index is -0.191. The highest BCUT2D eigenvalue weighted by atomic mass is 32.2. The Morgan fingerprint density at radius 2 is 2.15 bits per heavy atom. The summed E-state index contributed by atoms with van der Waals surface area (Å²) in [5.74, 6) is 2.96. The van der Waals surface area contributed by atoms with Crippen molar-refractivity contribution in [1.82, 2.24) is 15.2 Å². The van der Waals surface area contributed by atoms with E-state index in [1.54, 1.807) is 14.2 Å². The predicted octanol–water partition coefficient (Wildman–Crippen LogP) is 1.92. The molecule has 1 heterocycles. The number of hydrogen-bond acceptors (Lipinski definition) is 6. The fourth-order valence-corrected chi connectivity index (χ4v) is 2.59. The number of hydrogen-bond donors (Lipinski definition) is 2. The number of thioether (sulfide) groups is 1. The molecule has 0 aliphatic heterocycles. The minimum Gasteiger partial charge on any atom is -0.497 e. The number of H-pyrrole nitrogens is 1. The van der Waals surface area contributed by atoms with E-state index in [0.717, 1.165) is 22.9 Å². The second-order valence-electron chi connectivity index (χ2n) is 4.23. The van der Waals surface area contributed by atoms with E-state index in [9.17, 15) is 0 Å². The summed E-state index contributed by atoms with van der Waals surface area (Å²) >= 11 is 1.50. The van der Waals surface area contributed by atoms with Crippen LogP contribution in [0.5, 0.6) is 11.5 Å². The van der Waals surface area contributed by atoms with Crippen molar-refractivity contribution in [3.63, 3.8) is 0 Å². The van der Waals surface area contributed by atoms with Crippen molar-refractivity contribution >= 4 is 11.8 Å². The normalized spacial score (nSPS) is 12.2. The van der Waals surface area contributed by atoms with Gasteiger partial charge in [0.1, 0.15) is 17.3 Å². The van der Waals surface area contributed by atoms with Crippen LogP contribution < -0.4 is 15.2 Å². The Balaban J connectivity index is 2.09. The third kappa shape index (κ3) is 3.43. The lowest BCUT2D eigenvalue weighted by Crippen LogP contribution is -2.14. The largest absolute Gasteiger partial charge is 0.497 e. The van der Waals surface area contributed by atoms with Gasteiger partial charge in [-0.15, -0.1) is 5.10 Å². The van der Waals surface area contributed by atoms with Gasteiger partial charge in [-0.25, -0.2) is 4.98 Å². The number of ether oxygens (including phenoxy) is 2. The minimum absolute atomic E-state index is 0.191. The fourth-order valence-electron chi connectivity index (χ4n) is 1.77. The molecule has 1 atom stereocenters. The molecule has 108 valence electrons. The molecule has 0 spiro atoms. The standard InChI is InChI=1S/C13H18N4O2S/c1-8-15-13(17-16-8)20-7-11(14)10-6-9(18-2)4-5-12(10)19-3/h4-6,11H,7,14H2,1-3H3,(H,15,16,17). The molecule has 0 bridgehead atoms. The van der Waals surface area contributed by atoms with Gasteiger partial charge in [0.25, 0.3) is 0 Å². The maximum Gasteiger partial charge on any atom is 0.208 e. The lowest BCUT2D eigenvalue weighted by atomic mass is 10.1. The van der Waals surface area contributed by atoms with Crippen molar-refractivity contribution in [2.24, 2.45) is 5.73 Å². The van der Waals surface area contributed by atoms with E-state index in [0.29, 0.717) is 10.9 Å². The molecule has 2 aromatic rings. The molecule has 0 saturated heterocycles. The SMILES string of the molecule is COc1ccc(OC)c(C(N)CSc2n[nH]c(C)n2)c1. The molecule has 6 nitrogen and oxygen atoms in total. The van der Waals surface area contributed by atoms with Gasteiger partial charge in [-0.3, -0.25) is 5.10 Å². The van der Waals surface area contributed by atoms with Crippen LogP contribution in [0.15, 0.2) is 23.4 Å². The number of aryl methyl sites for hydroxylation is 1. The number of benzene rings is 1. The van der Waals surface area contributed by atoms with Gasteiger partial charge >= 0.3 is 0 Å². The summed E-state index contributed by atoms with van der Waals surface area (Å²) < 4.78 is 10.6. The van der Waals surface area contributed by atoms with Crippen molar-refractivity contribution in [1.29, 1.82) is 0 Å². The van der Waals surface area contributed by atoms with Gasteiger partial charge in [-0.05, 0) is 25.1 Å². The second kappa shape index (κ2) is 6.62. The van der Waals surface area contributed by atoms with Gasteiger partial charge < -0.3 is 15.2 Å². The van der Waals surface area contributed by atoms with Crippen LogP contribution in [0.4, 0.5) is 0 Å². The molecule has 1 unspecified atom stereocenters. The van der Waals surface area contributed by atoms with Gasteiger partial charge in [-0.1, -0.05) is 11.8 Å². The predicted molar refractivity (Wildman–Crippen MR) is 78.3 cm³/mol. The molecule has 1 aromatic heterocycles. The van der Waals surface area contributed by atoms with Crippen molar-refractivity contribution in [3.8, 4) is 11.5 Å². The van der Waals surface area contributed by atoms with E-state index in [-0.39, 0.29) is 6.04 Å². The first-order chi connectivity index (χ1) is 9.63. The van der Waals surface area contributed by atoms with Crippen LogP contribution >= 0.6 is 11.8 Å². The number of nitrogens with two attached hydrogens (primary N) is 1. The monoisotopic (exact) mass is 294 g/mol. The first kappa shape index (κ1) is 14.7. The highest BCUT2D eigenvalue weighted by molar-refractivity contribution is 7.99. The topological polar surface area (TPSA) is 86.0 Å². The summed E-state index contributed by atoms with van der Waals surface area (Å²) in [6.45, 7) is 1.86. The van der Waals surface area contributed by atoms with Crippen LogP contribution in [0, 0.1) is 6.92 Å². The zero-order chi connectivity index (χ0) is 14.5. The molecule has 20 heavy (non-hydrogen) atoms. The van der Waals surface area contributed by atoms with Crippen LogP contribution in [0.3, 0.4) is 0 Å². The average Bonchev–Trinajstić information content (AvgIpc) is 2.89. The zero-order valence-electron chi connectivity index (χ0n) is 11.7. The molecule has 7 heteroatoms. The fraction of sp³-hybridized carbons (Fsp3) is 0.385. The van der Waals surface area contributed by atoms with Crippen molar-refractivity contribution in [2.45, 2.75) is 18.1 Å². The van der Waals surface area contributed by atoms with E-state index in [2.05, 4.69) is 15.2 Å². The molecule has 0 saturated carbocycles. The Labute approximate surface area is 122 Å². The Kier molecular flexibility index (Phi) is 4.86. The van der Waals surface area contributed by atoms with E-state index >= 15 is 0 Å². The molecule has 3 N–H and O–H groups in total. The van der Waals surface area contributed by atoms with Crippen molar-refractivity contribution < 1.29 is 9.47 Å². The van der Waals surface area contributed by atoms with Gasteiger partial charge in [0, 0.05) is 17.4 Å². The van der Waals surface area contributed by atoms with E-state index in [1.807, 2.05) is 25.1 Å². The molecule has 2 rings (SSSR count). The first-order valence-corrected chi connectivity index (χ1v) is 7.12. The average molecular weight is 294 g/mol. The first-order valence-electron chi connectivity index (χ1n) is 6.13. The number of aromatic nitrogens is 3. The van der Waals surface area contributed by atoms with Crippen LogP contribution in [0.25, 0.3) is 0 Å². The molecule has 0 amide bonds. The number of rotatable bonds is 6. The quantitative estimate of drug-likeness (QED) is 0.792. The molecule has 0 aliphatic rings. The van der Waals surface area contributed by atoms with E-state index in [1.165, 1.54) is 11.8 Å². The summed E-state index contributed by atoms with van der Waals surface area (Å²) in [6, 6.07) is 5.41. The summed E-state index contributed by atoms with van der Waals surface area (Å²) in [4.78, 5) is 4.24. The van der Waals surface area contributed by atoms with Crippen LogP contribution in [0.1, 0.15) is 17.4 Å². The van der Waals surface area contributed by atoms with Crippen LogP contribution in [-0.2, 0) is 0 Å². The Morgan fingerprint density at radius 3 is 2.75 bits per heavy atom. The molecule has 0 fully saturated rings. The number of nitrogens with zero attached hydrogens (tertiary/aromatic N) is 2. The number of aromatic amines is 1. The van der Waals surface area contributed by atoms with Crippen molar-refractivity contribution in [2.75, 3.05) is 20.0 Å². The van der Waals surface area contributed by atoms with Gasteiger partial charge in [-0.2, -0.15) is 0 Å². The Hall–Kier alpha value is -1.73. The highest BCUT2D eigenvalue weighted by Crippen LogP contribution is 2.30. The second-order valence-corrected chi connectivity index (χ2v) is 5.22. The maximum atomic E-state index is 6.23. The molecule has 0 aliphatic carbocycles. The van der Waals surface area contributed by atoms with Gasteiger partial charge in [0.15, 0.2) is 0 Å². The molecule has 1 aromatic carbocycles. The third-order valence-electron chi connectivity index (χ3n) is 2.81. The smallest absolute Gasteiger partial charge is 0.208 e. The lowest BCUT2D eigenvalue weighted by Gasteiger charge is -2.15. The van der Waals surface area contributed by atoms with E-state index < -0.39 is 0 Å². The summed E-state index contributed by atoms with van der Waals surface area (Å²) in [5, 5.41) is 7.57. The van der Waals surface area contributed by atoms with E-state index in [4.69, 9.17) is 15.2 Å². The van der Waals surface area contributed by atoms with Crippen molar-refractivity contribution in [3.05, 3.63) is 29.6 Å². The third-order valence-corrected chi connectivity index (χ3v) is 3.77. The molecule has 0 radical (unpaired) electrons. The number of nitrogens with one attached hydrogen (secondary N) is 1. The summed E-state index contributed by atoms with van der Waals surface area (Å²) in [7, 11) is 3.26. The zero-order valence-corrected chi connectivity index (χ0v) is 12.5. The molecular formula is C13H18N4O2S. The Bertz CT molecular complexity index is 573. The highest BCUT2D eigenvalue weighted by Gasteiger charge is 2.14. The Morgan fingerprint density at radius 1 is 1.35 bits per heavy atom. The lowest BCUT2D eigenvalue weighted by molar-refractivity contribution is 0.396. The summed E-state index contributed by atoms with van der Waals surface area (Å²) in [5.41, 5.74) is 7.14. The maximum absolute atomic E-state index is 6.23. The summed E-state index contributed by atoms with van der Waals surface area (Å²) in [6.07, 6.45) is 0. The molecular weight excluding hydrogens is 276 g/mol. The van der Waals surface area contributed by atoms with Crippen LogP contribution in [0.2, 0.25) is 0 Å².